The van der Waals surface area contributed by atoms with Crippen molar-refractivity contribution >= 4 is 45.1 Å². The van der Waals surface area contributed by atoms with E-state index in [2.05, 4.69) is 26.2 Å². The summed E-state index contributed by atoms with van der Waals surface area (Å²) < 4.78 is 0.875. The minimum absolute atomic E-state index is 0.0951. The van der Waals surface area contributed by atoms with E-state index in [9.17, 15) is 4.79 Å². The van der Waals surface area contributed by atoms with Crippen molar-refractivity contribution in [2.24, 2.45) is 0 Å². The van der Waals surface area contributed by atoms with Crippen molar-refractivity contribution in [2.45, 2.75) is 4.90 Å². The number of nitrogens with zero attached hydrogens (tertiary/aromatic N) is 1. The molecule has 1 amide bonds. The SMILES string of the molecule is Nc1cccc(SCC(=O)Nc2ccc(Br)cn2)c1. The van der Waals surface area contributed by atoms with Gasteiger partial charge in [-0.3, -0.25) is 4.79 Å². The van der Waals surface area contributed by atoms with Crippen LogP contribution < -0.4 is 11.1 Å². The number of thioether (sulfide) groups is 1. The number of anilines is 2. The Bertz CT molecular complexity index is 574. The largest absolute Gasteiger partial charge is 0.399 e. The number of nitrogens with two attached hydrogens (primary N) is 1. The van der Waals surface area contributed by atoms with Crippen molar-refractivity contribution in [2.75, 3.05) is 16.8 Å². The molecule has 0 unspecified atom stereocenters. The van der Waals surface area contributed by atoms with Gasteiger partial charge in [0.2, 0.25) is 5.91 Å². The van der Waals surface area contributed by atoms with Gasteiger partial charge in [0.05, 0.1) is 5.75 Å². The molecule has 3 N–H and O–H groups in total. The zero-order chi connectivity index (χ0) is 13.7. The molecule has 4 nitrogen and oxygen atoms in total. The van der Waals surface area contributed by atoms with Crippen molar-refractivity contribution in [3.63, 3.8) is 0 Å². The number of benzene rings is 1. The van der Waals surface area contributed by atoms with E-state index in [4.69, 9.17) is 5.73 Å². The topological polar surface area (TPSA) is 68.0 Å². The number of nitrogens with one attached hydrogen (secondary N) is 1. The molecule has 0 atom stereocenters. The lowest BCUT2D eigenvalue weighted by Gasteiger charge is -2.05. The highest BCUT2D eigenvalue weighted by Crippen LogP contribution is 2.20. The predicted octanol–water partition coefficient (Wildman–Crippen LogP) is 3.16. The fourth-order valence-electron chi connectivity index (χ4n) is 1.38. The van der Waals surface area contributed by atoms with Gasteiger partial charge in [-0.1, -0.05) is 6.07 Å². The summed E-state index contributed by atoms with van der Waals surface area (Å²) >= 11 is 4.72. The Kier molecular flexibility index (Phi) is 4.81. The van der Waals surface area contributed by atoms with E-state index in [0.29, 0.717) is 17.3 Å². The molecule has 0 spiro atoms. The lowest BCUT2D eigenvalue weighted by atomic mass is 10.3. The quantitative estimate of drug-likeness (QED) is 0.664. The standard InChI is InChI=1S/C13H12BrN3OS/c14-9-4-5-12(16-7-9)17-13(18)8-19-11-3-1-2-10(15)6-11/h1-7H,8,15H2,(H,16,17,18). The molecule has 0 fully saturated rings. The lowest BCUT2D eigenvalue weighted by Crippen LogP contribution is -2.14. The molecule has 0 aliphatic heterocycles. The summed E-state index contributed by atoms with van der Waals surface area (Å²) in [5, 5.41) is 2.73. The summed E-state index contributed by atoms with van der Waals surface area (Å²) in [6, 6.07) is 11.0. The highest BCUT2D eigenvalue weighted by Gasteiger charge is 2.04. The molecule has 6 heteroatoms. The van der Waals surface area contributed by atoms with E-state index >= 15 is 0 Å². The zero-order valence-electron chi connectivity index (χ0n) is 9.97. The number of aromatic nitrogens is 1. The fraction of sp³-hybridized carbons (Fsp3) is 0.0769. The minimum atomic E-state index is -0.0951. The van der Waals surface area contributed by atoms with Crippen molar-refractivity contribution in [3.05, 3.63) is 47.1 Å². The van der Waals surface area contributed by atoms with E-state index in [-0.39, 0.29) is 5.91 Å². The van der Waals surface area contributed by atoms with E-state index in [1.54, 1.807) is 12.3 Å². The van der Waals surface area contributed by atoms with Crippen molar-refractivity contribution in [1.29, 1.82) is 0 Å². The first kappa shape index (κ1) is 13.9. The van der Waals surface area contributed by atoms with Crippen LogP contribution in [0.4, 0.5) is 11.5 Å². The first-order valence-corrected chi connectivity index (χ1v) is 7.31. The molecule has 0 saturated carbocycles. The summed E-state index contributed by atoms with van der Waals surface area (Å²) in [5.41, 5.74) is 6.37. The van der Waals surface area contributed by atoms with Crippen LogP contribution in [0.1, 0.15) is 0 Å². The van der Waals surface area contributed by atoms with Crippen molar-refractivity contribution in [3.8, 4) is 0 Å². The first-order chi connectivity index (χ1) is 9.13. The Morgan fingerprint density at radius 3 is 2.89 bits per heavy atom. The number of carbonyl (C=O) groups is 1. The molecular weight excluding hydrogens is 326 g/mol. The molecule has 0 bridgehead atoms. The average molecular weight is 338 g/mol. The third-order valence-corrected chi connectivity index (χ3v) is 3.69. The van der Waals surface area contributed by atoms with E-state index in [0.717, 1.165) is 9.37 Å². The summed E-state index contributed by atoms with van der Waals surface area (Å²) in [4.78, 5) is 16.8. The number of hydrogen-bond acceptors (Lipinski definition) is 4. The number of nitrogen functional groups attached to an aromatic ring is 1. The summed E-state index contributed by atoms with van der Waals surface area (Å²) in [6.45, 7) is 0. The molecule has 0 aliphatic carbocycles. The van der Waals surface area contributed by atoms with Crippen LogP contribution in [0, 0.1) is 0 Å². The number of amides is 1. The van der Waals surface area contributed by atoms with Crippen LogP contribution in [0.5, 0.6) is 0 Å². The highest BCUT2D eigenvalue weighted by molar-refractivity contribution is 9.10. The monoisotopic (exact) mass is 337 g/mol. The molecule has 98 valence electrons. The van der Waals surface area contributed by atoms with Gasteiger partial charge in [-0.2, -0.15) is 0 Å². The van der Waals surface area contributed by atoms with Crippen LogP contribution in [0.2, 0.25) is 0 Å². The molecule has 2 rings (SSSR count). The number of pyridine rings is 1. The van der Waals surface area contributed by atoms with Crippen LogP contribution in [-0.2, 0) is 4.79 Å². The van der Waals surface area contributed by atoms with Gasteiger partial charge in [0.15, 0.2) is 0 Å². The van der Waals surface area contributed by atoms with E-state index in [1.807, 2.05) is 30.3 Å². The van der Waals surface area contributed by atoms with Crippen molar-refractivity contribution < 1.29 is 4.79 Å². The Labute approximate surface area is 123 Å². The highest BCUT2D eigenvalue weighted by atomic mass is 79.9. The molecule has 1 aromatic carbocycles. The molecule has 2 aromatic rings. The van der Waals surface area contributed by atoms with Crippen LogP contribution in [0.25, 0.3) is 0 Å². The van der Waals surface area contributed by atoms with Gasteiger partial charge in [-0.15, -0.1) is 11.8 Å². The maximum atomic E-state index is 11.7. The third kappa shape index (κ3) is 4.57. The van der Waals surface area contributed by atoms with Gasteiger partial charge in [0.1, 0.15) is 5.82 Å². The minimum Gasteiger partial charge on any atom is -0.399 e. The molecule has 0 aliphatic rings. The second-order valence-electron chi connectivity index (χ2n) is 3.77. The number of hydrogen-bond donors (Lipinski definition) is 2. The Morgan fingerprint density at radius 1 is 1.37 bits per heavy atom. The summed E-state index contributed by atoms with van der Waals surface area (Å²) in [5.74, 6) is 0.768. The second-order valence-corrected chi connectivity index (χ2v) is 5.74. The molecule has 19 heavy (non-hydrogen) atoms. The predicted molar refractivity (Wildman–Crippen MR) is 82.1 cm³/mol. The number of carbonyl (C=O) groups excluding carboxylic acids is 1. The van der Waals surface area contributed by atoms with Gasteiger partial charge in [0, 0.05) is 21.3 Å². The Morgan fingerprint density at radius 2 is 2.21 bits per heavy atom. The van der Waals surface area contributed by atoms with Gasteiger partial charge in [-0.05, 0) is 46.3 Å². The van der Waals surface area contributed by atoms with Crippen LogP contribution in [0.15, 0.2) is 52.0 Å². The normalized spacial score (nSPS) is 10.2. The molecule has 1 aromatic heterocycles. The maximum absolute atomic E-state index is 11.7. The van der Waals surface area contributed by atoms with E-state index < -0.39 is 0 Å². The third-order valence-electron chi connectivity index (χ3n) is 2.22. The van der Waals surface area contributed by atoms with Gasteiger partial charge in [0.25, 0.3) is 0 Å². The smallest absolute Gasteiger partial charge is 0.235 e. The Hall–Kier alpha value is -1.53. The van der Waals surface area contributed by atoms with E-state index in [1.165, 1.54) is 11.8 Å². The zero-order valence-corrected chi connectivity index (χ0v) is 12.4. The van der Waals surface area contributed by atoms with Crippen LogP contribution in [-0.4, -0.2) is 16.6 Å². The number of halogens is 1. The molecule has 1 heterocycles. The van der Waals surface area contributed by atoms with Gasteiger partial charge < -0.3 is 11.1 Å². The summed E-state index contributed by atoms with van der Waals surface area (Å²) in [7, 11) is 0. The second kappa shape index (κ2) is 6.58. The van der Waals surface area contributed by atoms with Crippen LogP contribution >= 0.6 is 27.7 Å². The lowest BCUT2D eigenvalue weighted by molar-refractivity contribution is -0.113. The van der Waals surface area contributed by atoms with Crippen molar-refractivity contribution in [1.82, 2.24) is 4.98 Å². The maximum Gasteiger partial charge on any atom is 0.235 e. The molecular formula is C13H12BrN3OS. The molecule has 0 radical (unpaired) electrons. The first-order valence-electron chi connectivity index (χ1n) is 5.53. The summed E-state index contributed by atoms with van der Waals surface area (Å²) in [6.07, 6.45) is 1.64. The Balaban J connectivity index is 1.86. The average Bonchev–Trinajstić information content (AvgIpc) is 2.39. The van der Waals surface area contributed by atoms with Gasteiger partial charge in [-0.25, -0.2) is 4.98 Å². The van der Waals surface area contributed by atoms with Gasteiger partial charge >= 0.3 is 0 Å². The van der Waals surface area contributed by atoms with Crippen LogP contribution in [0.3, 0.4) is 0 Å². The molecule has 0 saturated heterocycles. The fourth-order valence-corrected chi connectivity index (χ4v) is 2.38. The number of rotatable bonds is 4.